The maximum Gasteiger partial charge on any atom is 0.250 e. The van der Waals surface area contributed by atoms with E-state index in [1.165, 1.54) is 0 Å². The van der Waals surface area contributed by atoms with E-state index < -0.39 is 12.5 Å². The molecular formula is C15H17N3O2. The first kappa shape index (κ1) is 14.0. The summed E-state index contributed by atoms with van der Waals surface area (Å²) in [5.41, 5.74) is 2.46. The molecule has 0 radical (unpaired) electrons. The second kappa shape index (κ2) is 6.68. The average Bonchev–Trinajstić information content (AvgIpc) is 2.48. The fourth-order valence-corrected chi connectivity index (χ4v) is 1.84. The van der Waals surface area contributed by atoms with Gasteiger partial charge in [0.05, 0.1) is 11.7 Å². The van der Waals surface area contributed by atoms with Gasteiger partial charge in [-0.25, -0.2) is 0 Å². The molecule has 5 nitrogen and oxygen atoms in total. The molecule has 3 N–H and O–H groups in total. The Bertz CT molecular complexity index is 572. The van der Waals surface area contributed by atoms with Gasteiger partial charge in [-0.15, -0.1) is 0 Å². The van der Waals surface area contributed by atoms with Gasteiger partial charge in [0.2, 0.25) is 5.91 Å². The van der Waals surface area contributed by atoms with Crippen LogP contribution in [0.15, 0.2) is 48.7 Å². The molecule has 5 heteroatoms. The van der Waals surface area contributed by atoms with E-state index in [4.69, 9.17) is 5.11 Å². The predicted molar refractivity (Wildman–Crippen MR) is 78.4 cm³/mol. The van der Waals surface area contributed by atoms with Crippen molar-refractivity contribution in [1.29, 1.82) is 0 Å². The summed E-state index contributed by atoms with van der Waals surface area (Å²) < 4.78 is 0. The van der Waals surface area contributed by atoms with E-state index in [2.05, 4.69) is 15.6 Å². The van der Waals surface area contributed by atoms with Crippen LogP contribution in [0.4, 0.5) is 11.4 Å². The fourth-order valence-electron chi connectivity index (χ4n) is 1.84. The highest BCUT2D eigenvalue weighted by molar-refractivity contribution is 5.91. The Morgan fingerprint density at radius 1 is 1.25 bits per heavy atom. The Balaban J connectivity index is 2.06. The van der Waals surface area contributed by atoms with E-state index in [1.807, 2.05) is 43.3 Å². The molecule has 2 aromatic rings. The van der Waals surface area contributed by atoms with Gasteiger partial charge in [-0.05, 0) is 37.3 Å². The van der Waals surface area contributed by atoms with Crippen LogP contribution >= 0.6 is 0 Å². The van der Waals surface area contributed by atoms with Crippen LogP contribution < -0.4 is 10.6 Å². The highest BCUT2D eigenvalue weighted by atomic mass is 16.3. The Hall–Kier alpha value is -2.40. The van der Waals surface area contributed by atoms with E-state index in [0.717, 1.165) is 11.4 Å². The van der Waals surface area contributed by atoms with Crippen molar-refractivity contribution in [3.63, 3.8) is 0 Å². The van der Waals surface area contributed by atoms with Crippen LogP contribution in [0.5, 0.6) is 0 Å². The third-order valence-electron chi connectivity index (χ3n) is 2.80. The highest BCUT2D eigenvalue weighted by Crippen LogP contribution is 2.20. The number of benzene rings is 1. The Morgan fingerprint density at radius 3 is 2.75 bits per heavy atom. The first-order valence-electron chi connectivity index (χ1n) is 6.37. The van der Waals surface area contributed by atoms with Crippen LogP contribution in [-0.4, -0.2) is 22.6 Å². The van der Waals surface area contributed by atoms with Gasteiger partial charge in [0.25, 0.3) is 0 Å². The van der Waals surface area contributed by atoms with E-state index >= 15 is 0 Å². The lowest BCUT2D eigenvalue weighted by atomic mass is 10.2. The second-order valence-corrected chi connectivity index (χ2v) is 4.41. The predicted octanol–water partition coefficient (Wildman–Crippen LogP) is 2.19. The molecule has 2 rings (SSSR count). The third-order valence-corrected chi connectivity index (χ3v) is 2.80. The van der Waals surface area contributed by atoms with Crippen molar-refractivity contribution < 1.29 is 9.90 Å². The molecule has 0 fully saturated rings. The molecule has 1 atom stereocenters. The normalized spacial score (nSPS) is 11.7. The van der Waals surface area contributed by atoms with Crippen LogP contribution in [0.3, 0.4) is 0 Å². The molecule has 104 valence electrons. The number of aromatic nitrogens is 1. The minimum absolute atomic E-state index is 0.0555. The zero-order valence-corrected chi connectivity index (χ0v) is 11.2. The lowest BCUT2D eigenvalue weighted by Crippen LogP contribution is -2.15. The van der Waals surface area contributed by atoms with Crippen LogP contribution in [0.1, 0.15) is 18.7 Å². The summed E-state index contributed by atoms with van der Waals surface area (Å²) >= 11 is 0. The van der Waals surface area contributed by atoms with Crippen molar-refractivity contribution in [1.82, 2.24) is 4.98 Å². The van der Waals surface area contributed by atoms with Crippen molar-refractivity contribution >= 4 is 17.3 Å². The largest absolute Gasteiger partial charge is 0.387 e. The Labute approximate surface area is 117 Å². The molecule has 1 aromatic carbocycles. The monoisotopic (exact) mass is 271 g/mol. The minimum Gasteiger partial charge on any atom is -0.387 e. The first-order valence-corrected chi connectivity index (χ1v) is 6.37. The van der Waals surface area contributed by atoms with Gasteiger partial charge >= 0.3 is 0 Å². The van der Waals surface area contributed by atoms with Crippen LogP contribution in [0.2, 0.25) is 0 Å². The lowest BCUT2D eigenvalue weighted by molar-refractivity contribution is -0.118. The average molecular weight is 271 g/mol. The Kier molecular flexibility index (Phi) is 4.68. The lowest BCUT2D eigenvalue weighted by Gasteiger charge is -2.15. The SMILES string of the molecule is CC(Nc1cccc(NC(=O)CO)c1)c1ccccn1. The van der Waals surface area contributed by atoms with Crippen LogP contribution in [0, 0.1) is 0 Å². The number of aliphatic hydroxyl groups is 1. The molecule has 1 aromatic heterocycles. The maximum absolute atomic E-state index is 11.1. The number of hydrogen-bond acceptors (Lipinski definition) is 4. The summed E-state index contributed by atoms with van der Waals surface area (Å²) in [4.78, 5) is 15.4. The highest BCUT2D eigenvalue weighted by Gasteiger charge is 2.07. The standard InChI is InChI=1S/C15H17N3O2/c1-11(14-7-2-3-8-16-14)17-12-5-4-6-13(9-12)18-15(20)10-19/h2-9,11,17,19H,10H2,1H3,(H,18,20). The van der Waals surface area contributed by atoms with Gasteiger partial charge in [-0.2, -0.15) is 0 Å². The molecule has 0 saturated carbocycles. The van der Waals surface area contributed by atoms with Gasteiger partial charge < -0.3 is 15.7 Å². The fraction of sp³-hybridized carbons (Fsp3) is 0.200. The van der Waals surface area contributed by atoms with E-state index in [9.17, 15) is 4.79 Å². The van der Waals surface area contributed by atoms with Gasteiger partial charge in [-0.3, -0.25) is 9.78 Å². The smallest absolute Gasteiger partial charge is 0.250 e. The molecule has 1 amide bonds. The summed E-state index contributed by atoms with van der Waals surface area (Å²) in [6.07, 6.45) is 1.76. The van der Waals surface area contributed by atoms with Crippen LogP contribution in [0.25, 0.3) is 0 Å². The summed E-state index contributed by atoms with van der Waals surface area (Å²) in [6, 6.07) is 13.2. The summed E-state index contributed by atoms with van der Waals surface area (Å²) in [5, 5.41) is 14.6. The molecule has 1 unspecified atom stereocenters. The second-order valence-electron chi connectivity index (χ2n) is 4.41. The number of rotatable bonds is 5. The number of nitrogens with zero attached hydrogens (tertiary/aromatic N) is 1. The quantitative estimate of drug-likeness (QED) is 0.779. The van der Waals surface area contributed by atoms with Crippen molar-refractivity contribution in [2.75, 3.05) is 17.2 Å². The van der Waals surface area contributed by atoms with Crippen molar-refractivity contribution in [2.24, 2.45) is 0 Å². The maximum atomic E-state index is 11.1. The molecule has 0 aliphatic heterocycles. The van der Waals surface area contributed by atoms with Crippen molar-refractivity contribution in [3.8, 4) is 0 Å². The van der Waals surface area contributed by atoms with E-state index in [0.29, 0.717) is 5.69 Å². The number of pyridine rings is 1. The topological polar surface area (TPSA) is 74.2 Å². The molecule has 0 aliphatic rings. The molecule has 0 aliphatic carbocycles. The Morgan fingerprint density at radius 2 is 2.05 bits per heavy atom. The van der Waals surface area contributed by atoms with Crippen LogP contribution in [-0.2, 0) is 4.79 Å². The first-order chi connectivity index (χ1) is 9.69. The van der Waals surface area contributed by atoms with Gasteiger partial charge in [-0.1, -0.05) is 12.1 Å². The zero-order valence-electron chi connectivity index (χ0n) is 11.2. The summed E-state index contributed by atoms with van der Waals surface area (Å²) in [5.74, 6) is -0.431. The molecule has 20 heavy (non-hydrogen) atoms. The van der Waals surface area contributed by atoms with Gasteiger partial charge in [0.15, 0.2) is 0 Å². The van der Waals surface area contributed by atoms with Gasteiger partial charge in [0.1, 0.15) is 6.61 Å². The third kappa shape index (κ3) is 3.80. The molecule has 0 bridgehead atoms. The number of anilines is 2. The summed E-state index contributed by atoms with van der Waals surface area (Å²) in [7, 11) is 0. The number of nitrogens with one attached hydrogen (secondary N) is 2. The van der Waals surface area contributed by atoms with Gasteiger partial charge in [0, 0.05) is 17.6 Å². The summed E-state index contributed by atoms with van der Waals surface area (Å²) in [6.45, 7) is 1.49. The van der Waals surface area contributed by atoms with Crippen molar-refractivity contribution in [3.05, 3.63) is 54.4 Å². The number of carbonyl (C=O) groups excluding carboxylic acids is 1. The molecule has 0 saturated heterocycles. The molecule has 1 heterocycles. The minimum atomic E-state index is -0.526. The number of aliphatic hydroxyl groups excluding tert-OH is 1. The number of carbonyl (C=O) groups is 1. The number of hydrogen-bond donors (Lipinski definition) is 3. The molecule has 0 spiro atoms. The zero-order chi connectivity index (χ0) is 14.4. The number of amides is 1. The van der Waals surface area contributed by atoms with E-state index in [1.54, 1.807) is 12.3 Å². The van der Waals surface area contributed by atoms with E-state index in [-0.39, 0.29) is 6.04 Å². The van der Waals surface area contributed by atoms with Crippen molar-refractivity contribution in [2.45, 2.75) is 13.0 Å². The molecular weight excluding hydrogens is 254 g/mol.